The number of anilines is 2. The first-order valence-electron chi connectivity index (χ1n) is 10.8. The van der Waals surface area contributed by atoms with E-state index >= 15 is 0 Å². The van der Waals surface area contributed by atoms with Crippen molar-refractivity contribution in [2.45, 2.75) is 33.1 Å². The first-order chi connectivity index (χ1) is 15.8. The van der Waals surface area contributed by atoms with E-state index in [9.17, 15) is 19.2 Å². The monoisotopic (exact) mass is 438 g/mol. The summed E-state index contributed by atoms with van der Waals surface area (Å²) in [5.41, 5.74) is 4.90. The molecule has 0 radical (unpaired) electrons. The zero-order valence-corrected chi connectivity index (χ0v) is 18.6. The molecule has 2 aliphatic heterocycles. The fourth-order valence-corrected chi connectivity index (χ4v) is 4.58. The Bertz CT molecular complexity index is 1340. The number of benzene rings is 3. The summed E-state index contributed by atoms with van der Waals surface area (Å²) in [5.74, 6) is -2.10. The second kappa shape index (κ2) is 7.52. The van der Waals surface area contributed by atoms with Crippen molar-refractivity contribution in [3.63, 3.8) is 0 Å². The first-order valence-corrected chi connectivity index (χ1v) is 10.8. The van der Waals surface area contributed by atoms with Crippen LogP contribution in [-0.4, -0.2) is 23.6 Å². The Balaban J connectivity index is 1.51. The van der Waals surface area contributed by atoms with Crippen LogP contribution in [0.4, 0.5) is 11.4 Å². The Morgan fingerprint density at radius 1 is 0.697 bits per heavy atom. The lowest BCUT2D eigenvalue weighted by molar-refractivity contribution is -0.121. The highest BCUT2D eigenvalue weighted by Crippen LogP contribution is 2.37. The van der Waals surface area contributed by atoms with Crippen LogP contribution in [0.2, 0.25) is 0 Å². The van der Waals surface area contributed by atoms with Crippen LogP contribution in [-0.2, 0) is 9.59 Å². The van der Waals surface area contributed by atoms with Crippen LogP contribution >= 0.6 is 0 Å². The van der Waals surface area contributed by atoms with Gasteiger partial charge in [0.2, 0.25) is 11.8 Å². The van der Waals surface area contributed by atoms with Crippen molar-refractivity contribution in [1.29, 1.82) is 0 Å². The average Bonchev–Trinajstić information content (AvgIpc) is 3.22. The first kappa shape index (κ1) is 20.8. The molecule has 1 atom stereocenters. The van der Waals surface area contributed by atoms with Gasteiger partial charge in [0.1, 0.15) is 0 Å². The van der Waals surface area contributed by atoms with Crippen LogP contribution in [0.15, 0.2) is 60.7 Å². The normalized spacial score (nSPS) is 17.8. The van der Waals surface area contributed by atoms with E-state index in [2.05, 4.69) is 0 Å². The third kappa shape index (κ3) is 3.26. The molecule has 33 heavy (non-hydrogen) atoms. The highest BCUT2D eigenvalue weighted by atomic mass is 16.2. The number of aryl methyl sites for hydroxylation is 3. The van der Waals surface area contributed by atoms with E-state index in [1.165, 1.54) is 9.80 Å². The lowest BCUT2D eigenvalue weighted by Crippen LogP contribution is -2.30. The number of carbonyl (C=O) groups excluding carboxylic acids is 4. The van der Waals surface area contributed by atoms with Crippen molar-refractivity contribution in [3.05, 3.63) is 94.0 Å². The maximum atomic E-state index is 13.2. The maximum Gasteiger partial charge on any atom is 0.266 e. The van der Waals surface area contributed by atoms with E-state index in [0.29, 0.717) is 28.1 Å². The van der Waals surface area contributed by atoms with Crippen molar-refractivity contribution < 1.29 is 19.2 Å². The van der Waals surface area contributed by atoms with Gasteiger partial charge in [0, 0.05) is 6.42 Å². The molecule has 0 aromatic heterocycles. The summed E-state index contributed by atoms with van der Waals surface area (Å²) in [7, 11) is 0. The van der Waals surface area contributed by atoms with Gasteiger partial charge in [0.05, 0.1) is 28.4 Å². The number of nitrogens with zero attached hydrogens (tertiary/aromatic N) is 2. The molecule has 0 unspecified atom stereocenters. The van der Waals surface area contributed by atoms with Gasteiger partial charge in [-0.1, -0.05) is 41.5 Å². The predicted octanol–water partition coefficient (Wildman–Crippen LogP) is 4.46. The van der Waals surface area contributed by atoms with E-state index in [0.717, 1.165) is 11.1 Å². The van der Waals surface area contributed by atoms with Gasteiger partial charge in [0.25, 0.3) is 11.8 Å². The van der Waals surface area contributed by atoms with Crippen LogP contribution in [0.1, 0.15) is 55.3 Å². The summed E-state index contributed by atoms with van der Waals surface area (Å²) < 4.78 is 0. The van der Waals surface area contributed by atoms with Crippen LogP contribution in [0.25, 0.3) is 0 Å². The molecule has 4 amide bonds. The molecule has 0 saturated carbocycles. The predicted molar refractivity (Wildman–Crippen MR) is 125 cm³/mol. The summed E-state index contributed by atoms with van der Waals surface area (Å²) in [6, 6.07) is 17.7. The number of carbonyl (C=O) groups is 4. The third-order valence-corrected chi connectivity index (χ3v) is 6.34. The summed E-state index contributed by atoms with van der Waals surface area (Å²) in [5, 5.41) is 0. The second-order valence-corrected chi connectivity index (χ2v) is 8.70. The van der Waals surface area contributed by atoms with Gasteiger partial charge in [-0.2, -0.15) is 0 Å². The van der Waals surface area contributed by atoms with Crippen molar-refractivity contribution in [3.8, 4) is 0 Å². The number of amides is 4. The highest BCUT2D eigenvalue weighted by molar-refractivity contribution is 6.35. The van der Waals surface area contributed by atoms with Gasteiger partial charge in [-0.15, -0.1) is 0 Å². The third-order valence-electron chi connectivity index (χ3n) is 6.34. The Morgan fingerprint density at radius 2 is 1.24 bits per heavy atom. The zero-order chi connectivity index (χ0) is 23.4. The molecule has 1 saturated heterocycles. The Labute approximate surface area is 191 Å². The molecule has 2 aliphatic rings. The Morgan fingerprint density at radius 3 is 1.82 bits per heavy atom. The number of hydrogen-bond acceptors (Lipinski definition) is 4. The summed E-state index contributed by atoms with van der Waals surface area (Å²) in [6.45, 7) is 5.62. The molecule has 6 heteroatoms. The van der Waals surface area contributed by atoms with Gasteiger partial charge in [0.15, 0.2) is 0 Å². The minimum absolute atomic E-state index is 0.0226. The van der Waals surface area contributed by atoms with Crippen LogP contribution < -0.4 is 9.80 Å². The van der Waals surface area contributed by atoms with Gasteiger partial charge >= 0.3 is 0 Å². The van der Waals surface area contributed by atoms with Crippen LogP contribution in [0.3, 0.4) is 0 Å². The smallest absolute Gasteiger partial charge is 0.266 e. The topological polar surface area (TPSA) is 74.8 Å². The molecular weight excluding hydrogens is 416 g/mol. The molecule has 0 bridgehead atoms. The molecule has 0 N–H and O–H groups in total. The molecule has 0 spiro atoms. The molecule has 5 rings (SSSR count). The number of rotatable bonds is 3. The van der Waals surface area contributed by atoms with E-state index in [4.69, 9.17) is 0 Å². The second-order valence-electron chi connectivity index (χ2n) is 8.70. The lowest BCUT2D eigenvalue weighted by Gasteiger charge is -2.16. The van der Waals surface area contributed by atoms with Crippen molar-refractivity contribution in [1.82, 2.24) is 0 Å². The van der Waals surface area contributed by atoms with E-state index in [1.807, 2.05) is 38.1 Å². The fraction of sp³-hybridized carbons (Fsp3) is 0.185. The highest BCUT2D eigenvalue weighted by Gasteiger charge is 2.43. The standard InChI is InChI=1S/C27H22N2O4/c1-15-4-8-19(9-5-15)28-23(30)14-21(25(28)31)18-12-17(3)24-22(13-18)26(32)29(27(24)33)20-10-6-16(2)7-11-20/h4-13,21H,14H2,1-3H3/t21-/m1/s1. The van der Waals surface area contributed by atoms with Gasteiger partial charge in [-0.05, 0) is 62.2 Å². The maximum absolute atomic E-state index is 13.2. The molecule has 6 nitrogen and oxygen atoms in total. The van der Waals surface area contributed by atoms with Gasteiger partial charge in [-0.3, -0.25) is 24.1 Å². The quantitative estimate of drug-likeness (QED) is 0.566. The van der Waals surface area contributed by atoms with E-state index in [1.54, 1.807) is 43.3 Å². The SMILES string of the molecule is Cc1ccc(N2C(=O)c3cc([C@H]4CC(=O)N(c5ccc(C)cc5)C4=O)cc(C)c3C2=O)cc1. The van der Waals surface area contributed by atoms with Gasteiger partial charge < -0.3 is 0 Å². The zero-order valence-electron chi connectivity index (χ0n) is 18.6. The molecule has 0 aliphatic carbocycles. The lowest BCUT2D eigenvalue weighted by atomic mass is 9.91. The van der Waals surface area contributed by atoms with Gasteiger partial charge in [-0.25, -0.2) is 4.90 Å². The fourth-order valence-electron chi connectivity index (χ4n) is 4.58. The van der Waals surface area contributed by atoms with Crippen LogP contribution in [0.5, 0.6) is 0 Å². The summed E-state index contributed by atoms with van der Waals surface area (Å²) >= 11 is 0. The Kier molecular flexibility index (Phi) is 4.74. The minimum Gasteiger partial charge on any atom is -0.274 e. The largest absolute Gasteiger partial charge is 0.274 e. The summed E-state index contributed by atoms with van der Waals surface area (Å²) in [6.07, 6.45) is 0.0226. The summed E-state index contributed by atoms with van der Waals surface area (Å²) in [4.78, 5) is 54.6. The minimum atomic E-state index is -0.695. The molecule has 3 aromatic rings. The van der Waals surface area contributed by atoms with Crippen LogP contribution in [0, 0.1) is 20.8 Å². The number of imide groups is 2. The van der Waals surface area contributed by atoms with Crippen molar-refractivity contribution in [2.24, 2.45) is 0 Å². The average molecular weight is 438 g/mol. The van der Waals surface area contributed by atoms with Crippen molar-refractivity contribution in [2.75, 3.05) is 9.80 Å². The van der Waals surface area contributed by atoms with E-state index < -0.39 is 11.8 Å². The van der Waals surface area contributed by atoms with E-state index in [-0.39, 0.29) is 29.7 Å². The molecule has 1 fully saturated rings. The number of fused-ring (bicyclic) bond motifs is 1. The Hall–Kier alpha value is -4.06. The molecular formula is C27H22N2O4. The molecule has 164 valence electrons. The number of hydrogen-bond donors (Lipinski definition) is 0. The molecule has 3 aromatic carbocycles. The van der Waals surface area contributed by atoms with Crippen molar-refractivity contribution >= 4 is 35.0 Å². The molecule has 2 heterocycles.